The van der Waals surface area contributed by atoms with Crippen molar-refractivity contribution in [2.75, 3.05) is 29.2 Å². The number of aromatic nitrogens is 1. The summed E-state index contributed by atoms with van der Waals surface area (Å²) >= 11 is 2.14. The molecule has 1 N–H and O–H groups in total. The molecule has 8 nitrogen and oxygen atoms in total. The van der Waals surface area contributed by atoms with Crippen LogP contribution in [0.15, 0.2) is 101 Å². The number of fused-ring (bicyclic) bond motifs is 3. The van der Waals surface area contributed by atoms with Crippen molar-refractivity contribution < 1.29 is 18.8 Å². The Hall–Kier alpha value is -4.74. The van der Waals surface area contributed by atoms with Crippen LogP contribution in [0.5, 0.6) is 0 Å². The van der Waals surface area contributed by atoms with E-state index in [4.69, 9.17) is 0 Å². The Morgan fingerprint density at radius 1 is 0.889 bits per heavy atom. The molecule has 2 aliphatic heterocycles. The van der Waals surface area contributed by atoms with Crippen molar-refractivity contribution >= 4 is 68.7 Å². The number of hydrogen-bond donors (Lipinski definition) is 1. The third-order valence-corrected chi connectivity index (χ3v) is 10.8. The number of amides is 3. The molecule has 3 amide bonds. The van der Waals surface area contributed by atoms with Crippen LogP contribution in [0, 0.1) is 11.7 Å². The maximum Gasteiger partial charge on any atom is 0.308 e. The van der Waals surface area contributed by atoms with Gasteiger partial charge in [-0.1, -0.05) is 65.6 Å². The summed E-state index contributed by atoms with van der Waals surface area (Å²) in [5.41, 5.74) is 2.64. The highest BCUT2D eigenvalue weighted by molar-refractivity contribution is 8.00. The Bertz CT molecular complexity index is 2040. The Morgan fingerprint density at radius 3 is 2.31 bits per heavy atom. The average Bonchev–Trinajstić information content (AvgIpc) is 3.47. The molecule has 0 aliphatic carbocycles. The van der Waals surface area contributed by atoms with E-state index in [9.17, 15) is 23.6 Å². The molecule has 45 heavy (non-hydrogen) atoms. The first-order chi connectivity index (χ1) is 21.7. The summed E-state index contributed by atoms with van der Waals surface area (Å²) < 4.78 is 15.1. The molecule has 2 aliphatic rings. The van der Waals surface area contributed by atoms with Gasteiger partial charge in [-0.05, 0) is 64.9 Å². The second-order valence-electron chi connectivity index (χ2n) is 11.2. The minimum atomic E-state index is -0.836. The van der Waals surface area contributed by atoms with Crippen LogP contribution < -0.4 is 20.0 Å². The quantitative estimate of drug-likeness (QED) is 0.240. The summed E-state index contributed by atoms with van der Waals surface area (Å²) in [6, 6.07) is 26.4. The number of rotatable bonds is 6. The lowest BCUT2D eigenvalue weighted by atomic mass is 9.83. The van der Waals surface area contributed by atoms with Gasteiger partial charge in [-0.3, -0.25) is 23.7 Å². The van der Waals surface area contributed by atoms with Crippen LogP contribution in [0.1, 0.15) is 16.4 Å². The molecule has 0 spiro atoms. The largest absolute Gasteiger partial charge is 0.378 e. The maximum absolute atomic E-state index is 14.0. The first-order valence-electron chi connectivity index (χ1n) is 14.3. The molecule has 1 saturated heterocycles. The van der Waals surface area contributed by atoms with E-state index in [1.807, 2.05) is 85.7 Å². The fourth-order valence-corrected chi connectivity index (χ4v) is 8.82. The predicted molar refractivity (Wildman–Crippen MR) is 176 cm³/mol. The van der Waals surface area contributed by atoms with Crippen molar-refractivity contribution in [3.8, 4) is 0 Å². The van der Waals surface area contributed by atoms with Crippen LogP contribution in [-0.2, 0) is 20.9 Å². The van der Waals surface area contributed by atoms with Crippen molar-refractivity contribution in [3.63, 3.8) is 0 Å². The number of thiazole rings is 1. The number of thioether (sulfide) groups is 1. The smallest absolute Gasteiger partial charge is 0.308 e. The summed E-state index contributed by atoms with van der Waals surface area (Å²) in [5, 5.41) is 4.57. The van der Waals surface area contributed by atoms with Gasteiger partial charge in [0.1, 0.15) is 17.6 Å². The van der Waals surface area contributed by atoms with E-state index < -0.39 is 34.7 Å². The first kappa shape index (κ1) is 29.0. The first-order valence-corrected chi connectivity index (χ1v) is 16.0. The number of benzene rings is 4. The van der Waals surface area contributed by atoms with E-state index in [1.165, 1.54) is 28.8 Å². The Morgan fingerprint density at radius 2 is 1.60 bits per heavy atom. The fraction of sp³-hybridized carbons (Fsp3) is 0.176. The van der Waals surface area contributed by atoms with E-state index >= 15 is 0 Å². The van der Waals surface area contributed by atoms with E-state index in [0.717, 1.165) is 50.0 Å². The summed E-state index contributed by atoms with van der Waals surface area (Å²) in [5.74, 6) is -3.08. The number of carbonyl (C=O) groups excluding carboxylic acids is 3. The molecule has 0 saturated carbocycles. The molecule has 7 rings (SSSR count). The highest BCUT2D eigenvalue weighted by Gasteiger charge is 2.56. The molecule has 4 aromatic carbocycles. The normalized spacial score (nSPS) is 19.0. The van der Waals surface area contributed by atoms with Crippen molar-refractivity contribution in [2.24, 2.45) is 5.92 Å². The lowest BCUT2D eigenvalue weighted by Gasteiger charge is -2.31. The third kappa shape index (κ3) is 5.11. The van der Waals surface area contributed by atoms with Gasteiger partial charge in [-0.2, -0.15) is 0 Å². The summed E-state index contributed by atoms with van der Waals surface area (Å²) in [7, 11) is 3.85. The summed E-state index contributed by atoms with van der Waals surface area (Å²) in [6.45, 7) is -0.252. The van der Waals surface area contributed by atoms with Gasteiger partial charge in [0.25, 0.3) is 0 Å². The van der Waals surface area contributed by atoms with Crippen LogP contribution >= 0.6 is 23.1 Å². The molecule has 3 atom stereocenters. The van der Waals surface area contributed by atoms with E-state index in [2.05, 4.69) is 5.32 Å². The second kappa shape index (κ2) is 11.3. The minimum absolute atomic E-state index is 0.252. The average molecular weight is 639 g/mol. The molecular weight excluding hydrogens is 612 g/mol. The molecule has 1 fully saturated rings. The van der Waals surface area contributed by atoms with Crippen LogP contribution in [0.4, 0.5) is 21.5 Å². The molecule has 1 aromatic heterocycles. The highest BCUT2D eigenvalue weighted by Crippen LogP contribution is 2.54. The SMILES string of the molecule is CN(C)c1ccc([C@@H]2c3sc(=O)n(CC(=O)Nc4ccc5ccccc5c4)c3S[C@H]3C(=O)N(c4ccc(F)cc4)C(=O)[C@@H]23)cc1. The highest BCUT2D eigenvalue weighted by atomic mass is 32.2. The van der Waals surface area contributed by atoms with E-state index in [-0.39, 0.29) is 17.3 Å². The molecule has 0 unspecified atom stereocenters. The molecule has 0 radical (unpaired) electrons. The van der Waals surface area contributed by atoms with Crippen LogP contribution in [-0.4, -0.2) is 41.6 Å². The van der Waals surface area contributed by atoms with Crippen LogP contribution in [0.3, 0.4) is 0 Å². The fourth-order valence-electron chi connectivity index (χ4n) is 6.05. The Kier molecular flexibility index (Phi) is 7.29. The van der Waals surface area contributed by atoms with Crippen molar-refractivity contribution in [1.82, 2.24) is 4.57 Å². The van der Waals surface area contributed by atoms with Crippen molar-refractivity contribution in [1.29, 1.82) is 0 Å². The van der Waals surface area contributed by atoms with Gasteiger partial charge in [0.05, 0.1) is 16.6 Å². The van der Waals surface area contributed by atoms with Gasteiger partial charge in [0.15, 0.2) is 0 Å². The van der Waals surface area contributed by atoms with Crippen molar-refractivity contribution in [3.05, 3.63) is 117 Å². The zero-order valence-corrected chi connectivity index (χ0v) is 25.9. The Balaban J connectivity index is 1.26. The molecule has 3 heterocycles. The van der Waals surface area contributed by atoms with Gasteiger partial charge in [-0.15, -0.1) is 0 Å². The van der Waals surface area contributed by atoms with E-state index in [1.54, 1.807) is 0 Å². The maximum atomic E-state index is 14.0. The predicted octanol–water partition coefficient (Wildman–Crippen LogP) is 5.70. The number of nitrogens with zero attached hydrogens (tertiary/aromatic N) is 3. The molecule has 5 aromatic rings. The number of anilines is 3. The lowest BCUT2D eigenvalue weighted by Crippen LogP contribution is -2.33. The topological polar surface area (TPSA) is 91.7 Å². The Labute approximate surface area is 266 Å². The zero-order chi connectivity index (χ0) is 31.4. The molecule has 0 bridgehead atoms. The van der Waals surface area contributed by atoms with E-state index in [0.29, 0.717) is 21.3 Å². The van der Waals surface area contributed by atoms with Crippen molar-refractivity contribution in [2.45, 2.75) is 22.7 Å². The number of nitrogens with one attached hydrogen (secondary N) is 1. The summed E-state index contributed by atoms with van der Waals surface area (Å²) in [6.07, 6.45) is 0. The van der Waals surface area contributed by atoms with Gasteiger partial charge in [0, 0.05) is 36.3 Å². The number of carbonyl (C=O) groups is 3. The van der Waals surface area contributed by atoms with Crippen LogP contribution in [0.25, 0.3) is 10.8 Å². The van der Waals surface area contributed by atoms with Gasteiger partial charge in [0.2, 0.25) is 17.7 Å². The van der Waals surface area contributed by atoms with Crippen LogP contribution in [0.2, 0.25) is 0 Å². The summed E-state index contributed by atoms with van der Waals surface area (Å²) in [4.78, 5) is 58.0. The monoisotopic (exact) mass is 638 g/mol. The number of hydrogen-bond acceptors (Lipinski definition) is 7. The molecule has 11 heteroatoms. The number of imide groups is 1. The van der Waals surface area contributed by atoms with Gasteiger partial charge >= 0.3 is 4.87 Å². The molecular formula is C34H27FN4O4S2. The second-order valence-corrected chi connectivity index (χ2v) is 13.4. The minimum Gasteiger partial charge on any atom is -0.378 e. The van der Waals surface area contributed by atoms with Gasteiger partial charge < -0.3 is 10.2 Å². The third-order valence-electron chi connectivity index (χ3n) is 8.24. The standard InChI is InChI=1S/C34H27FN4O4S2/c1-37(2)24-13-8-20(9-14-24)27-28-29(32(42)39(31(28)41)25-15-10-22(35)11-16-25)44-33-30(27)45-34(43)38(33)18-26(40)36-23-12-7-19-5-3-4-6-21(19)17-23/h3-17,27-29H,18H2,1-2H3,(H,36,40)/t27-,28-,29+/m0/s1. The molecule has 226 valence electrons. The zero-order valence-electron chi connectivity index (χ0n) is 24.3. The lowest BCUT2D eigenvalue weighted by molar-refractivity contribution is -0.122. The number of halogens is 1. The van der Waals surface area contributed by atoms with Gasteiger partial charge in [-0.25, -0.2) is 9.29 Å².